The molecule has 3 aromatic rings. The zero-order valence-corrected chi connectivity index (χ0v) is 20.6. The first-order valence-corrected chi connectivity index (χ1v) is 11.8. The van der Waals surface area contributed by atoms with Gasteiger partial charge in [0.05, 0.1) is 22.0 Å². The predicted molar refractivity (Wildman–Crippen MR) is 126 cm³/mol. The summed E-state index contributed by atoms with van der Waals surface area (Å²) in [6, 6.07) is 8.68. The van der Waals surface area contributed by atoms with Gasteiger partial charge in [-0.3, -0.25) is 4.79 Å². The summed E-state index contributed by atoms with van der Waals surface area (Å²) in [5.74, 6) is 0.747. The number of hydrogen-bond donors (Lipinski definition) is 1. The van der Waals surface area contributed by atoms with Gasteiger partial charge in [0.1, 0.15) is 5.75 Å². The van der Waals surface area contributed by atoms with E-state index in [4.69, 9.17) is 16.3 Å². The van der Waals surface area contributed by atoms with E-state index in [2.05, 4.69) is 15.5 Å². The number of hydrogen-bond acceptors (Lipinski definition) is 5. The van der Waals surface area contributed by atoms with Crippen molar-refractivity contribution in [1.82, 2.24) is 14.8 Å². The molecule has 1 amide bonds. The number of nitrogens with zero attached hydrogens (tertiary/aromatic N) is 3. The minimum absolute atomic E-state index is 0.0164. The SMILES string of the molecule is CCn1c(SCC(=O)Nc2cc(C(F)(F)F)ccc2Cl)nnc1C(C)Oc1ccc(C)cc1C. The molecule has 0 aliphatic heterocycles. The third-order valence-electron chi connectivity index (χ3n) is 4.96. The number of aryl methyl sites for hydroxylation is 2. The second-order valence-corrected chi connectivity index (χ2v) is 8.99. The van der Waals surface area contributed by atoms with Gasteiger partial charge < -0.3 is 14.6 Å². The quantitative estimate of drug-likeness (QED) is 0.351. The summed E-state index contributed by atoms with van der Waals surface area (Å²) in [5.41, 5.74) is 1.15. The number of aromatic nitrogens is 3. The fourth-order valence-electron chi connectivity index (χ4n) is 3.29. The van der Waals surface area contributed by atoms with Gasteiger partial charge in [0.25, 0.3) is 0 Å². The van der Waals surface area contributed by atoms with Crippen molar-refractivity contribution in [2.24, 2.45) is 0 Å². The van der Waals surface area contributed by atoms with E-state index >= 15 is 0 Å². The van der Waals surface area contributed by atoms with Crippen molar-refractivity contribution >= 4 is 35.0 Å². The number of carbonyl (C=O) groups excluding carboxylic acids is 1. The van der Waals surface area contributed by atoms with Crippen molar-refractivity contribution in [3.63, 3.8) is 0 Å². The molecule has 0 aliphatic rings. The number of carbonyl (C=O) groups is 1. The molecule has 11 heteroatoms. The number of alkyl halides is 3. The molecule has 0 saturated heterocycles. The lowest BCUT2D eigenvalue weighted by atomic mass is 10.1. The molecule has 34 heavy (non-hydrogen) atoms. The van der Waals surface area contributed by atoms with E-state index in [-0.39, 0.29) is 22.6 Å². The normalized spacial score (nSPS) is 12.5. The fraction of sp³-hybridized carbons (Fsp3) is 0.348. The number of rotatable bonds is 8. The average molecular weight is 513 g/mol. The molecule has 1 heterocycles. The van der Waals surface area contributed by atoms with Crippen molar-refractivity contribution in [3.8, 4) is 5.75 Å². The summed E-state index contributed by atoms with van der Waals surface area (Å²) in [7, 11) is 0. The summed E-state index contributed by atoms with van der Waals surface area (Å²) in [6.45, 7) is 8.31. The van der Waals surface area contributed by atoms with Crippen LogP contribution in [0.1, 0.15) is 42.5 Å². The Bertz CT molecular complexity index is 1180. The highest BCUT2D eigenvalue weighted by Gasteiger charge is 2.31. The maximum Gasteiger partial charge on any atom is 0.416 e. The van der Waals surface area contributed by atoms with Crippen molar-refractivity contribution in [1.29, 1.82) is 0 Å². The van der Waals surface area contributed by atoms with Crippen LogP contribution in [0.4, 0.5) is 18.9 Å². The minimum Gasteiger partial charge on any atom is -0.482 e. The van der Waals surface area contributed by atoms with Crippen LogP contribution in [0.25, 0.3) is 0 Å². The van der Waals surface area contributed by atoms with Crippen LogP contribution in [0, 0.1) is 13.8 Å². The van der Waals surface area contributed by atoms with Crippen LogP contribution in [0.15, 0.2) is 41.6 Å². The first-order valence-electron chi connectivity index (χ1n) is 10.5. The second-order valence-electron chi connectivity index (χ2n) is 7.64. The van der Waals surface area contributed by atoms with Crippen molar-refractivity contribution in [3.05, 3.63) is 63.9 Å². The lowest BCUT2D eigenvalue weighted by Crippen LogP contribution is -2.16. The summed E-state index contributed by atoms with van der Waals surface area (Å²) in [4.78, 5) is 12.4. The Morgan fingerprint density at radius 2 is 1.94 bits per heavy atom. The molecule has 0 bridgehead atoms. The topological polar surface area (TPSA) is 69.0 Å². The molecule has 6 nitrogen and oxygen atoms in total. The Balaban J connectivity index is 1.67. The molecule has 0 spiro atoms. The summed E-state index contributed by atoms with van der Waals surface area (Å²) >= 11 is 7.07. The summed E-state index contributed by atoms with van der Waals surface area (Å²) in [6.07, 6.45) is -4.93. The van der Waals surface area contributed by atoms with E-state index in [1.807, 2.05) is 50.5 Å². The molecule has 1 aromatic heterocycles. The Hall–Kier alpha value is -2.72. The maximum absolute atomic E-state index is 12.9. The van der Waals surface area contributed by atoms with Gasteiger partial charge in [-0.15, -0.1) is 10.2 Å². The van der Waals surface area contributed by atoms with Gasteiger partial charge in [0.15, 0.2) is 17.1 Å². The Kier molecular flexibility index (Phi) is 8.14. The van der Waals surface area contributed by atoms with Gasteiger partial charge in [0.2, 0.25) is 5.91 Å². The van der Waals surface area contributed by atoms with Crippen molar-refractivity contribution < 1.29 is 22.7 Å². The number of ether oxygens (including phenoxy) is 1. The first-order chi connectivity index (χ1) is 16.0. The Labute approximate surface area is 204 Å². The van der Waals surface area contributed by atoms with Crippen LogP contribution in [0.2, 0.25) is 5.02 Å². The molecule has 1 unspecified atom stereocenters. The first kappa shape index (κ1) is 25.9. The van der Waals surface area contributed by atoms with Crippen LogP contribution in [0.5, 0.6) is 5.75 Å². The van der Waals surface area contributed by atoms with Gasteiger partial charge in [0, 0.05) is 6.54 Å². The predicted octanol–water partition coefficient (Wildman–Crippen LogP) is 6.46. The Morgan fingerprint density at radius 1 is 1.21 bits per heavy atom. The molecule has 2 aromatic carbocycles. The van der Waals surface area contributed by atoms with E-state index < -0.39 is 17.6 Å². The zero-order chi connectivity index (χ0) is 25.0. The number of halogens is 4. The van der Waals surface area contributed by atoms with E-state index in [9.17, 15) is 18.0 Å². The van der Waals surface area contributed by atoms with Gasteiger partial charge in [-0.25, -0.2) is 0 Å². The molecule has 182 valence electrons. The largest absolute Gasteiger partial charge is 0.482 e. The molecular formula is C23H24ClF3N4O2S. The zero-order valence-electron chi connectivity index (χ0n) is 19.0. The van der Waals surface area contributed by atoms with Crippen molar-refractivity contribution in [2.75, 3.05) is 11.1 Å². The maximum atomic E-state index is 12.9. The number of amides is 1. The lowest BCUT2D eigenvalue weighted by Gasteiger charge is -2.17. The lowest BCUT2D eigenvalue weighted by molar-refractivity contribution is -0.137. The highest BCUT2D eigenvalue weighted by Crippen LogP contribution is 2.34. The van der Waals surface area contributed by atoms with Gasteiger partial charge in [-0.2, -0.15) is 13.2 Å². The third-order valence-corrected chi connectivity index (χ3v) is 6.26. The molecule has 3 rings (SSSR count). The molecule has 0 fully saturated rings. The van der Waals surface area contributed by atoms with Gasteiger partial charge in [-0.1, -0.05) is 41.1 Å². The summed E-state index contributed by atoms with van der Waals surface area (Å²) < 4.78 is 46.8. The van der Waals surface area contributed by atoms with Crippen LogP contribution >= 0.6 is 23.4 Å². The van der Waals surface area contributed by atoms with Crippen molar-refractivity contribution in [2.45, 2.75) is 51.7 Å². The van der Waals surface area contributed by atoms with Crippen LogP contribution < -0.4 is 10.1 Å². The van der Waals surface area contributed by atoms with E-state index in [0.717, 1.165) is 46.8 Å². The number of nitrogens with one attached hydrogen (secondary N) is 1. The highest BCUT2D eigenvalue weighted by atomic mass is 35.5. The average Bonchev–Trinajstić information content (AvgIpc) is 3.18. The van der Waals surface area contributed by atoms with Crippen LogP contribution in [-0.4, -0.2) is 26.4 Å². The molecule has 0 saturated carbocycles. The molecular weight excluding hydrogens is 489 g/mol. The highest BCUT2D eigenvalue weighted by molar-refractivity contribution is 7.99. The molecule has 1 atom stereocenters. The Morgan fingerprint density at radius 3 is 2.59 bits per heavy atom. The number of benzene rings is 2. The van der Waals surface area contributed by atoms with E-state index in [1.165, 1.54) is 0 Å². The smallest absolute Gasteiger partial charge is 0.416 e. The van der Waals surface area contributed by atoms with Gasteiger partial charge >= 0.3 is 6.18 Å². The molecule has 0 radical (unpaired) electrons. The number of anilines is 1. The molecule has 1 N–H and O–H groups in total. The minimum atomic E-state index is -4.54. The fourth-order valence-corrected chi connectivity index (χ4v) is 4.27. The van der Waals surface area contributed by atoms with Gasteiger partial charge in [-0.05, 0) is 57.5 Å². The second kappa shape index (κ2) is 10.7. The molecule has 0 aliphatic carbocycles. The van der Waals surface area contributed by atoms with Crippen LogP contribution in [0.3, 0.4) is 0 Å². The van der Waals surface area contributed by atoms with E-state index in [1.54, 1.807) is 0 Å². The number of thioether (sulfide) groups is 1. The van der Waals surface area contributed by atoms with E-state index in [0.29, 0.717) is 17.5 Å². The van der Waals surface area contributed by atoms with Crippen LogP contribution in [-0.2, 0) is 17.5 Å². The third kappa shape index (κ3) is 6.24. The monoisotopic (exact) mass is 512 g/mol. The standard InChI is InChI=1S/C23H24ClF3N4O2S/c1-5-31-21(15(4)33-19-9-6-13(2)10-14(19)3)29-30-22(31)34-12-20(32)28-18-11-16(23(25,26)27)7-8-17(18)24/h6-11,15H,5,12H2,1-4H3,(H,28,32). The summed E-state index contributed by atoms with van der Waals surface area (Å²) in [5, 5.41) is 11.3.